The highest BCUT2D eigenvalue weighted by atomic mass is 16.6. The van der Waals surface area contributed by atoms with Gasteiger partial charge >= 0.3 is 11.9 Å². The Morgan fingerprint density at radius 1 is 1.44 bits per heavy atom. The van der Waals surface area contributed by atoms with Crippen molar-refractivity contribution in [1.29, 1.82) is 0 Å². The van der Waals surface area contributed by atoms with Crippen LogP contribution in [-0.4, -0.2) is 24.1 Å². The Hall–Kier alpha value is -1.06. The van der Waals surface area contributed by atoms with E-state index in [4.69, 9.17) is 9.47 Å². The third-order valence-electron chi connectivity index (χ3n) is 4.38. The number of ether oxygens (including phenoxy) is 2. The summed E-state index contributed by atoms with van der Waals surface area (Å²) in [5.41, 5.74) is -0.473. The van der Waals surface area contributed by atoms with Crippen molar-refractivity contribution >= 4 is 11.9 Å². The fourth-order valence-electron chi connectivity index (χ4n) is 2.63. The smallest absolute Gasteiger partial charge is 0.311 e. The van der Waals surface area contributed by atoms with E-state index in [1.165, 1.54) is 0 Å². The number of hydrogen-bond acceptors (Lipinski definition) is 4. The summed E-state index contributed by atoms with van der Waals surface area (Å²) in [6.07, 6.45) is 1.70. The molecular formula is C14H22O4. The standard InChI is InChI=1S/C14H22O4/c1-5-14(3,4)13(16)18-11-8(2)6-9-7-10(11)17-12(9)15/h8-11H,5-7H2,1-4H3. The summed E-state index contributed by atoms with van der Waals surface area (Å²) in [5.74, 6) is -0.112. The SMILES string of the molecule is CCC(C)(C)C(=O)OC1C(C)CC2CC1OC2=O. The Morgan fingerprint density at radius 2 is 2.11 bits per heavy atom. The Kier molecular flexibility index (Phi) is 3.39. The lowest BCUT2D eigenvalue weighted by Crippen LogP contribution is -2.42. The van der Waals surface area contributed by atoms with Crippen molar-refractivity contribution in [2.75, 3.05) is 0 Å². The van der Waals surface area contributed by atoms with E-state index < -0.39 is 5.41 Å². The average molecular weight is 254 g/mol. The fraction of sp³-hybridized carbons (Fsp3) is 0.857. The molecule has 0 aromatic carbocycles. The molecule has 18 heavy (non-hydrogen) atoms. The maximum absolute atomic E-state index is 12.1. The van der Waals surface area contributed by atoms with Crippen molar-refractivity contribution in [3.8, 4) is 0 Å². The maximum Gasteiger partial charge on any atom is 0.311 e. The van der Waals surface area contributed by atoms with Gasteiger partial charge in [-0.3, -0.25) is 9.59 Å². The normalized spacial score (nSPS) is 35.2. The van der Waals surface area contributed by atoms with Gasteiger partial charge in [-0.25, -0.2) is 0 Å². The summed E-state index contributed by atoms with van der Waals surface area (Å²) in [5, 5.41) is 0. The molecule has 1 aliphatic carbocycles. The second kappa shape index (κ2) is 4.56. The number of carbonyl (C=O) groups excluding carboxylic acids is 2. The molecule has 2 bridgehead atoms. The summed E-state index contributed by atoms with van der Waals surface area (Å²) in [6.45, 7) is 7.76. The minimum Gasteiger partial charge on any atom is -0.458 e. The van der Waals surface area contributed by atoms with E-state index in [-0.39, 0.29) is 36.0 Å². The number of rotatable bonds is 3. The molecule has 0 amide bonds. The van der Waals surface area contributed by atoms with Gasteiger partial charge in [-0.2, -0.15) is 0 Å². The van der Waals surface area contributed by atoms with Gasteiger partial charge in [0.05, 0.1) is 11.3 Å². The molecule has 1 heterocycles. The van der Waals surface area contributed by atoms with Crippen LogP contribution in [0, 0.1) is 17.3 Å². The lowest BCUT2D eigenvalue weighted by Gasteiger charge is -2.33. The first-order valence-electron chi connectivity index (χ1n) is 6.76. The fourth-order valence-corrected chi connectivity index (χ4v) is 2.63. The van der Waals surface area contributed by atoms with E-state index in [2.05, 4.69) is 0 Å². The van der Waals surface area contributed by atoms with E-state index in [0.29, 0.717) is 6.42 Å². The van der Waals surface area contributed by atoms with Crippen molar-refractivity contribution in [2.24, 2.45) is 17.3 Å². The van der Waals surface area contributed by atoms with Gasteiger partial charge in [0.15, 0.2) is 0 Å². The largest absolute Gasteiger partial charge is 0.458 e. The lowest BCUT2D eigenvalue weighted by molar-refractivity contribution is -0.173. The predicted molar refractivity (Wildman–Crippen MR) is 65.7 cm³/mol. The molecule has 0 N–H and O–H groups in total. The number of esters is 2. The second-order valence-corrected chi connectivity index (χ2v) is 6.23. The second-order valence-electron chi connectivity index (χ2n) is 6.23. The van der Waals surface area contributed by atoms with Crippen LogP contribution in [0.1, 0.15) is 47.0 Å². The Labute approximate surface area is 108 Å². The Bertz CT molecular complexity index is 361. The summed E-state index contributed by atoms with van der Waals surface area (Å²) in [7, 11) is 0. The topological polar surface area (TPSA) is 52.6 Å². The Morgan fingerprint density at radius 3 is 2.72 bits per heavy atom. The molecule has 2 rings (SSSR count). The van der Waals surface area contributed by atoms with Crippen LogP contribution in [0.2, 0.25) is 0 Å². The summed E-state index contributed by atoms with van der Waals surface area (Å²) >= 11 is 0. The van der Waals surface area contributed by atoms with Gasteiger partial charge in [0, 0.05) is 6.42 Å². The van der Waals surface area contributed by atoms with Gasteiger partial charge in [0.25, 0.3) is 0 Å². The number of carbonyl (C=O) groups is 2. The molecule has 4 atom stereocenters. The molecule has 2 aliphatic rings. The summed E-state index contributed by atoms with van der Waals surface area (Å²) < 4.78 is 10.9. The van der Waals surface area contributed by atoms with Crippen LogP contribution in [0.3, 0.4) is 0 Å². The quantitative estimate of drug-likeness (QED) is 0.725. The van der Waals surface area contributed by atoms with Crippen LogP contribution < -0.4 is 0 Å². The van der Waals surface area contributed by atoms with E-state index in [0.717, 1.165) is 12.8 Å². The van der Waals surface area contributed by atoms with Crippen LogP contribution >= 0.6 is 0 Å². The summed E-state index contributed by atoms with van der Waals surface area (Å²) in [4.78, 5) is 23.6. The van der Waals surface area contributed by atoms with Crippen LogP contribution in [-0.2, 0) is 19.1 Å². The molecule has 4 heteroatoms. The Balaban J connectivity index is 2.05. The van der Waals surface area contributed by atoms with Crippen molar-refractivity contribution in [3.05, 3.63) is 0 Å². The van der Waals surface area contributed by atoms with Gasteiger partial charge in [-0.05, 0) is 32.6 Å². The molecule has 102 valence electrons. The maximum atomic E-state index is 12.1. The minimum atomic E-state index is -0.473. The van der Waals surface area contributed by atoms with Crippen LogP contribution in [0.5, 0.6) is 0 Å². The third kappa shape index (κ3) is 2.25. The zero-order chi connectivity index (χ0) is 13.5. The summed E-state index contributed by atoms with van der Waals surface area (Å²) in [6, 6.07) is 0. The molecular weight excluding hydrogens is 232 g/mol. The van der Waals surface area contributed by atoms with Crippen LogP contribution in [0.15, 0.2) is 0 Å². The average Bonchev–Trinajstić information content (AvgIpc) is 2.61. The molecule has 1 saturated heterocycles. The first kappa shape index (κ1) is 13.4. The highest BCUT2D eigenvalue weighted by Gasteiger charge is 2.49. The molecule has 0 spiro atoms. The van der Waals surface area contributed by atoms with Gasteiger partial charge in [-0.15, -0.1) is 0 Å². The molecule has 1 saturated carbocycles. The zero-order valence-corrected chi connectivity index (χ0v) is 11.6. The van der Waals surface area contributed by atoms with E-state index in [9.17, 15) is 9.59 Å². The van der Waals surface area contributed by atoms with Gasteiger partial charge in [0.2, 0.25) is 0 Å². The molecule has 0 radical (unpaired) electrons. The first-order chi connectivity index (χ1) is 8.35. The number of fused-ring (bicyclic) bond motifs is 2. The predicted octanol–water partition coefficient (Wildman–Crippen LogP) is 2.31. The lowest BCUT2D eigenvalue weighted by atomic mass is 9.80. The van der Waals surface area contributed by atoms with E-state index >= 15 is 0 Å². The van der Waals surface area contributed by atoms with Crippen molar-refractivity contribution < 1.29 is 19.1 Å². The van der Waals surface area contributed by atoms with E-state index in [1.54, 1.807) is 0 Å². The molecule has 2 fully saturated rings. The molecule has 0 aromatic rings. The van der Waals surface area contributed by atoms with Gasteiger partial charge < -0.3 is 9.47 Å². The van der Waals surface area contributed by atoms with E-state index in [1.807, 2.05) is 27.7 Å². The molecule has 4 nitrogen and oxygen atoms in total. The first-order valence-corrected chi connectivity index (χ1v) is 6.76. The van der Waals surface area contributed by atoms with Gasteiger partial charge in [0.1, 0.15) is 12.2 Å². The monoisotopic (exact) mass is 254 g/mol. The van der Waals surface area contributed by atoms with Crippen molar-refractivity contribution in [1.82, 2.24) is 0 Å². The third-order valence-corrected chi connectivity index (χ3v) is 4.38. The van der Waals surface area contributed by atoms with Crippen LogP contribution in [0.4, 0.5) is 0 Å². The zero-order valence-electron chi connectivity index (χ0n) is 11.6. The number of hydrogen-bond donors (Lipinski definition) is 0. The van der Waals surface area contributed by atoms with Crippen LogP contribution in [0.25, 0.3) is 0 Å². The van der Waals surface area contributed by atoms with Crippen molar-refractivity contribution in [3.63, 3.8) is 0 Å². The molecule has 1 aliphatic heterocycles. The van der Waals surface area contributed by atoms with Crippen molar-refractivity contribution in [2.45, 2.75) is 59.2 Å². The van der Waals surface area contributed by atoms with Gasteiger partial charge in [-0.1, -0.05) is 13.8 Å². The minimum absolute atomic E-state index is 0.0131. The molecule has 0 aromatic heterocycles. The molecule has 4 unspecified atom stereocenters. The highest BCUT2D eigenvalue weighted by Crippen LogP contribution is 2.40. The highest BCUT2D eigenvalue weighted by molar-refractivity contribution is 5.77.